The molecule has 2 aromatic carbocycles. The normalized spacial score (nSPS) is 17.3. The molecule has 0 bridgehead atoms. The van der Waals surface area contributed by atoms with Crippen molar-refractivity contribution in [1.29, 1.82) is 0 Å². The molecule has 1 aromatic heterocycles. The summed E-state index contributed by atoms with van der Waals surface area (Å²) in [5, 5.41) is 8.21. The van der Waals surface area contributed by atoms with Crippen molar-refractivity contribution in [3.05, 3.63) is 66.7 Å². The van der Waals surface area contributed by atoms with Gasteiger partial charge in [-0.2, -0.15) is 4.31 Å². The fourth-order valence-corrected chi connectivity index (χ4v) is 5.11. The average Bonchev–Trinajstić information content (AvgIpc) is 2.80. The summed E-state index contributed by atoms with van der Waals surface area (Å²) in [5.74, 6) is 1.14. The molecule has 0 N–H and O–H groups in total. The van der Waals surface area contributed by atoms with Crippen LogP contribution in [-0.2, 0) is 10.0 Å². The van der Waals surface area contributed by atoms with Crippen molar-refractivity contribution in [2.24, 2.45) is 0 Å². The van der Waals surface area contributed by atoms with Crippen molar-refractivity contribution >= 4 is 15.8 Å². The molecule has 0 spiro atoms. The van der Waals surface area contributed by atoms with Crippen LogP contribution in [0, 0.1) is 0 Å². The Labute approximate surface area is 183 Å². The van der Waals surface area contributed by atoms with E-state index in [2.05, 4.69) is 10.2 Å². The van der Waals surface area contributed by atoms with Crippen LogP contribution in [0.2, 0.25) is 0 Å². The zero-order valence-corrected chi connectivity index (χ0v) is 18.5. The van der Waals surface area contributed by atoms with E-state index in [1.54, 1.807) is 18.2 Å². The van der Waals surface area contributed by atoms with Crippen molar-refractivity contribution in [2.45, 2.75) is 23.8 Å². The van der Waals surface area contributed by atoms with E-state index < -0.39 is 10.0 Å². The predicted octanol–water partition coefficient (Wildman–Crippen LogP) is 3.44. The van der Waals surface area contributed by atoms with Gasteiger partial charge in [-0.05, 0) is 42.2 Å². The van der Waals surface area contributed by atoms with Crippen molar-refractivity contribution in [1.82, 2.24) is 14.5 Å². The minimum atomic E-state index is -3.59. The molecule has 2 heterocycles. The van der Waals surface area contributed by atoms with E-state index in [0.29, 0.717) is 23.9 Å². The van der Waals surface area contributed by atoms with Crippen LogP contribution in [0.4, 0.5) is 5.82 Å². The first-order valence-electron chi connectivity index (χ1n) is 10.3. The first kappa shape index (κ1) is 21.3. The Bertz CT molecular complexity index is 1100. The zero-order chi connectivity index (χ0) is 21.8. The summed E-state index contributed by atoms with van der Waals surface area (Å²) in [5.41, 5.74) is 2.04. The molecule has 1 unspecified atom stereocenters. The molecule has 0 saturated carbocycles. The summed E-state index contributed by atoms with van der Waals surface area (Å²) in [6, 6.07) is 20.5. The van der Waals surface area contributed by atoms with Crippen molar-refractivity contribution in [2.75, 3.05) is 32.1 Å². The summed E-state index contributed by atoms with van der Waals surface area (Å²) in [6.45, 7) is 0.772. The lowest BCUT2D eigenvalue weighted by Crippen LogP contribution is -2.44. The fourth-order valence-electron chi connectivity index (χ4n) is 3.60. The summed E-state index contributed by atoms with van der Waals surface area (Å²) in [6.07, 6.45) is 1.25. The van der Waals surface area contributed by atoms with E-state index in [1.165, 1.54) is 4.31 Å². The van der Waals surface area contributed by atoms with Crippen LogP contribution in [0.5, 0.6) is 5.88 Å². The smallest absolute Gasteiger partial charge is 0.243 e. The number of ether oxygens (including phenoxy) is 1. The van der Waals surface area contributed by atoms with Gasteiger partial charge in [0.05, 0.1) is 11.4 Å². The van der Waals surface area contributed by atoms with E-state index in [9.17, 15) is 8.42 Å². The molecule has 0 amide bonds. The van der Waals surface area contributed by atoms with Gasteiger partial charge in [0, 0.05) is 26.7 Å². The van der Waals surface area contributed by atoms with Gasteiger partial charge in [0.25, 0.3) is 0 Å². The number of hydrogen-bond donors (Lipinski definition) is 0. The molecule has 4 rings (SSSR count). The van der Waals surface area contributed by atoms with Gasteiger partial charge in [-0.3, -0.25) is 0 Å². The van der Waals surface area contributed by atoms with E-state index in [-0.39, 0.29) is 6.10 Å². The van der Waals surface area contributed by atoms with Crippen molar-refractivity contribution in [3.8, 4) is 17.0 Å². The topological polar surface area (TPSA) is 75.6 Å². The minimum absolute atomic E-state index is 0.258. The SMILES string of the molecule is CN(C)c1ccc(OC2CCCN(S(=O)(=O)c3ccc(-c4ccccc4)cc3)C2)nn1. The Hall–Kier alpha value is -2.97. The largest absolute Gasteiger partial charge is 0.472 e. The van der Waals surface area contributed by atoms with E-state index in [0.717, 1.165) is 29.8 Å². The minimum Gasteiger partial charge on any atom is -0.472 e. The third-order valence-electron chi connectivity index (χ3n) is 5.31. The molecule has 1 aliphatic rings. The Kier molecular flexibility index (Phi) is 6.20. The van der Waals surface area contributed by atoms with Gasteiger partial charge < -0.3 is 9.64 Å². The monoisotopic (exact) mass is 438 g/mol. The molecule has 162 valence electrons. The Balaban J connectivity index is 1.45. The summed E-state index contributed by atoms with van der Waals surface area (Å²) in [4.78, 5) is 2.15. The molecular formula is C23H26N4O3S. The maximum atomic E-state index is 13.2. The second-order valence-electron chi connectivity index (χ2n) is 7.76. The summed E-state index contributed by atoms with van der Waals surface area (Å²) < 4.78 is 33.8. The van der Waals surface area contributed by atoms with Gasteiger partial charge in [-0.15, -0.1) is 10.2 Å². The highest BCUT2D eigenvalue weighted by molar-refractivity contribution is 7.89. The zero-order valence-electron chi connectivity index (χ0n) is 17.7. The maximum Gasteiger partial charge on any atom is 0.243 e. The molecule has 0 aliphatic carbocycles. The van der Waals surface area contributed by atoms with Gasteiger partial charge in [0.1, 0.15) is 6.10 Å². The highest BCUT2D eigenvalue weighted by Crippen LogP contribution is 2.26. The number of benzene rings is 2. The first-order valence-corrected chi connectivity index (χ1v) is 11.7. The molecule has 1 fully saturated rings. The van der Waals surface area contributed by atoms with E-state index >= 15 is 0 Å². The number of sulfonamides is 1. The summed E-state index contributed by atoms with van der Waals surface area (Å²) >= 11 is 0. The molecule has 1 atom stereocenters. The molecule has 1 aliphatic heterocycles. The van der Waals surface area contributed by atoms with Gasteiger partial charge in [-0.25, -0.2) is 8.42 Å². The van der Waals surface area contributed by atoms with Crippen LogP contribution in [-0.4, -0.2) is 56.2 Å². The number of rotatable bonds is 6. The Morgan fingerprint density at radius 3 is 2.29 bits per heavy atom. The van der Waals surface area contributed by atoms with Crippen molar-refractivity contribution in [3.63, 3.8) is 0 Å². The predicted molar refractivity (Wildman–Crippen MR) is 121 cm³/mol. The first-order chi connectivity index (χ1) is 14.9. The van der Waals surface area contributed by atoms with Gasteiger partial charge in [0.2, 0.25) is 15.9 Å². The van der Waals surface area contributed by atoms with Crippen LogP contribution in [0.15, 0.2) is 71.6 Å². The van der Waals surface area contributed by atoms with Crippen LogP contribution in [0.25, 0.3) is 11.1 Å². The average molecular weight is 439 g/mol. The highest BCUT2D eigenvalue weighted by atomic mass is 32.2. The lowest BCUT2D eigenvalue weighted by Gasteiger charge is -2.31. The second-order valence-corrected chi connectivity index (χ2v) is 9.70. The molecule has 3 aromatic rings. The fraction of sp³-hybridized carbons (Fsp3) is 0.304. The molecular weight excluding hydrogens is 412 g/mol. The quantitative estimate of drug-likeness (QED) is 0.587. The van der Waals surface area contributed by atoms with Crippen LogP contribution in [0.1, 0.15) is 12.8 Å². The number of nitrogens with zero attached hydrogens (tertiary/aromatic N) is 4. The number of hydrogen-bond acceptors (Lipinski definition) is 6. The van der Waals surface area contributed by atoms with Gasteiger partial charge in [0.15, 0.2) is 5.82 Å². The lowest BCUT2D eigenvalue weighted by molar-refractivity contribution is 0.123. The van der Waals surface area contributed by atoms with Gasteiger partial charge in [-0.1, -0.05) is 42.5 Å². The number of anilines is 1. The van der Waals surface area contributed by atoms with Crippen LogP contribution in [0.3, 0.4) is 0 Å². The second kappa shape index (κ2) is 9.03. The van der Waals surface area contributed by atoms with Crippen molar-refractivity contribution < 1.29 is 13.2 Å². The van der Waals surface area contributed by atoms with Crippen LogP contribution >= 0.6 is 0 Å². The highest BCUT2D eigenvalue weighted by Gasteiger charge is 2.31. The van der Waals surface area contributed by atoms with E-state index in [4.69, 9.17) is 4.74 Å². The van der Waals surface area contributed by atoms with Gasteiger partial charge >= 0.3 is 0 Å². The Morgan fingerprint density at radius 1 is 0.935 bits per heavy atom. The molecule has 7 nitrogen and oxygen atoms in total. The Morgan fingerprint density at radius 2 is 1.65 bits per heavy atom. The number of piperidine rings is 1. The lowest BCUT2D eigenvalue weighted by atomic mass is 10.1. The van der Waals surface area contributed by atoms with Crippen LogP contribution < -0.4 is 9.64 Å². The summed E-state index contributed by atoms with van der Waals surface area (Å²) in [7, 11) is 0.186. The standard InChI is InChI=1S/C23H26N4O3S/c1-26(2)22-14-15-23(25-24-22)30-20-9-6-16-27(17-20)31(28,29)21-12-10-19(11-13-21)18-7-4-3-5-8-18/h3-5,7-8,10-15,20H,6,9,16-17H2,1-2H3. The maximum absolute atomic E-state index is 13.2. The molecule has 8 heteroatoms. The molecule has 31 heavy (non-hydrogen) atoms. The number of aromatic nitrogens is 2. The third kappa shape index (κ3) is 4.86. The molecule has 1 saturated heterocycles. The van der Waals surface area contributed by atoms with E-state index in [1.807, 2.05) is 67.5 Å². The third-order valence-corrected chi connectivity index (χ3v) is 7.19. The molecule has 0 radical (unpaired) electrons.